The third kappa shape index (κ3) is 3.34. The molecule has 0 spiro atoms. The molecule has 0 unspecified atom stereocenters. The molecule has 0 bridgehead atoms. The first-order chi connectivity index (χ1) is 7.31. The van der Waals surface area contributed by atoms with Gasteiger partial charge in [0.05, 0.1) is 5.75 Å². The van der Waals surface area contributed by atoms with Crippen LogP contribution < -0.4 is 11.2 Å². The monoisotopic (exact) mass is 246 g/mol. The maximum Gasteiger partial charge on any atom is 0.330 e. The van der Waals surface area contributed by atoms with E-state index in [2.05, 4.69) is 0 Å². The lowest BCUT2D eigenvalue weighted by Gasteiger charge is -2.05. The third-order valence-corrected chi connectivity index (χ3v) is 3.17. The summed E-state index contributed by atoms with van der Waals surface area (Å²) >= 11 is 0. The van der Waals surface area contributed by atoms with Crippen molar-refractivity contribution in [3.8, 4) is 0 Å². The summed E-state index contributed by atoms with van der Waals surface area (Å²) in [6, 6.07) is 1.28. The molecule has 6 nitrogen and oxygen atoms in total. The van der Waals surface area contributed by atoms with Crippen LogP contribution in [0.5, 0.6) is 0 Å². The van der Waals surface area contributed by atoms with E-state index in [1.165, 1.54) is 23.9 Å². The Kier molecular flexibility index (Phi) is 3.69. The summed E-state index contributed by atoms with van der Waals surface area (Å²) < 4.78 is 24.1. The summed E-state index contributed by atoms with van der Waals surface area (Å²) in [6.07, 6.45) is 2.77. The van der Waals surface area contributed by atoms with Gasteiger partial charge in [-0.3, -0.25) is 9.36 Å². The second-order valence-electron chi connectivity index (χ2n) is 3.68. The van der Waals surface area contributed by atoms with Gasteiger partial charge in [0.2, 0.25) is 0 Å². The molecule has 0 amide bonds. The first-order valence-corrected chi connectivity index (χ1v) is 6.81. The van der Waals surface area contributed by atoms with Crippen LogP contribution in [0.15, 0.2) is 21.9 Å². The van der Waals surface area contributed by atoms with E-state index in [-0.39, 0.29) is 18.7 Å². The van der Waals surface area contributed by atoms with Crippen molar-refractivity contribution in [3.63, 3.8) is 0 Å². The van der Waals surface area contributed by atoms with Crippen LogP contribution in [0.25, 0.3) is 0 Å². The second kappa shape index (κ2) is 4.65. The lowest BCUT2D eigenvalue weighted by atomic mass is 10.4. The molecule has 0 fully saturated rings. The fraction of sp³-hybridized carbons (Fsp3) is 0.556. The largest absolute Gasteiger partial charge is 0.330 e. The standard InChI is InChI=1S/C9H14N2O4S/c1-10-6-4-8(12)11(9(10)13)5-3-7-16(2,14)15/h4,6H,3,5,7H2,1-2H3. The van der Waals surface area contributed by atoms with Crippen molar-refractivity contribution in [2.75, 3.05) is 12.0 Å². The average molecular weight is 246 g/mol. The summed E-state index contributed by atoms with van der Waals surface area (Å²) in [5.41, 5.74) is -0.836. The molecule has 0 saturated heterocycles. The Morgan fingerprint density at radius 1 is 1.31 bits per heavy atom. The Hall–Kier alpha value is -1.37. The molecule has 1 aromatic rings. The maximum atomic E-state index is 11.5. The lowest BCUT2D eigenvalue weighted by molar-refractivity contribution is 0.566. The summed E-state index contributed by atoms with van der Waals surface area (Å²) in [6.45, 7) is 0.124. The predicted octanol–water partition coefficient (Wildman–Crippen LogP) is -1.02. The molecule has 0 saturated carbocycles. The van der Waals surface area contributed by atoms with Crippen LogP contribution in [0.4, 0.5) is 0 Å². The molecule has 7 heteroatoms. The van der Waals surface area contributed by atoms with Gasteiger partial charge in [-0.25, -0.2) is 13.2 Å². The predicted molar refractivity (Wildman–Crippen MR) is 60.3 cm³/mol. The number of nitrogens with zero attached hydrogens (tertiary/aromatic N) is 2. The zero-order valence-electron chi connectivity index (χ0n) is 9.21. The Balaban J connectivity index is 2.87. The molecule has 0 aromatic carbocycles. The highest BCUT2D eigenvalue weighted by Crippen LogP contribution is 1.90. The number of hydrogen-bond acceptors (Lipinski definition) is 4. The van der Waals surface area contributed by atoms with E-state index in [9.17, 15) is 18.0 Å². The van der Waals surface area contributed by atoms with E-state index in [1.54, 1.807) is 0 Å². The zero-order valence-corrected chi connectivity index (χ0v) is 10.0. The number of aromatic nitrogens is 2. The Morgan fingerprint density at radius 3 is 2.50 bits per heavy atom. The minimum atomic E-state index is -3.05. The molecular formula is C9H14N2O4S. The molecule has 1 heterocycles. The van der Waals surface area contributed by atoms with Gasteiger partial charge in [0.15, 0.2) is 0 Å². The van der Waals surface area contributed by atoms with Crippen LogP contribution in [0.1, 0.15) is 6.42 Å². The lowest BCUT2D eigenvalue weighted by Crippen LogP contribution is -2.38. The van der Waals surface area contributed by atoms with Crippen LogP contribution >= 0.6 is 0 Å². The molecule has 0 aliphatic heterocycles. The molecule has 90 valence electrons. The first-order valence-electron chi connectivity index (χ1n) is 4.75. The highest BCUT2D eigenvalue weighted by Gasteiger charge is 2.05. The molecule has 1 aromatic heterocycles. The number of aryl methyl sites for hydroxylation is 1. The second-order valence-corrected chi connectivity index (χ2v) is 5.94. The molecule has 16 heavy (non-hydrogen) atoms. The quantitative estimate of drug-likeness (QED) is 0.681. The van der Waals surface area contributed by atoms with Gasteiger partial charge < -0.3 is 4.57 Å². The summed E-state index contributed by atoms with van der Waals surface area (Å²) in [5, 5.41) is 0. The van der Waals surface area contributed by atoms with Gasteiger partial charge in [-0.1, -0.05) is 0 Å². The van der Waals surface area contributed by atoms with Gasteiger partial charge in [0, 0.05) is 32.1 Å². The van der Waals surface area contributed by atoms with E-state index >= 15 is 0 Å². The van der Waals surface area contributed by atoms with E-state index in [4.69, 9.17) is 0 Å². The Morgan fingerprint density at radius 2 is 1.94 bits per heavy atom. The Bertz CT molecular complexity index is 582. The molecule has 0 radical (unpaired) electrons. The fourth-order valence-electron chi connectivity index (χ4n) is 1.30. The van der Waals surface area contributed by atoms with Crippen molar-refractivity contribution in [1.29, 1.82) is 0 Å². The molecular weight excluding hydrogens is 232 g/mol. The van der Waals surface area contributed by atoms with Gasteiger partial charge in [0.25, 0.3) is 5.56 Å². The normalized spacial score (nSPS) is 11.6. The molecule has 0 aliphatic rings. The van der Waals surface area contributed by atoms with Crippen molar-refractivity contribution in [2.24, 2.45) is 7.05 Å². The summed E-state index contributed by atoms with van der Waals surface area (Å²) in [5.74, 6) is -0.0303. The summed E-state index contributed by atoms with van der Waals surface area (Å²) in [7, 11) is -1.52. The van der Waals surface area contributed by atoms with Crippen LogP contribution in [0, 0.1) is 0 Å². The molecule has 0 aliphatic carbocycles. The van der Waals surface area contributed by atoms with Crippen molar-refractivity contribution >= 4 is 9.84 Å². The highest BCUT2D eigenvalue weighted by molar-refractivity contribution is 7.90. The first kappa shape index (κ1) is 12.7. The number of rotatable bonds is 4. The van der Waals surface area contributed by atoms with E-state index in [1.807, 2.05) is 0 Å². The van der Waals surface area contributed by atoms with Crippen LogP contribution in [0.2, 0.25) is 0 Å². The summed E-state index contributed by atoms with van der Waals surface area (Å²) in [4.78, 5) is 22.9. The SMILES string of the molecule is Cn1ccc(=O)n(CCCS(C)(=O)=O)c1=O. The molecule has 0 atom stereocenters. The van der Waals surface area contributed by atoms with Crippen molar-refractivity contribution in [2.45, 2.75) is 13.0 Å². The number of sulfone groups is 1. The van der Waals surface area contributed by atoms with Crippen LogP contribution in [-0.2, 0) is 23.4 Å². The van der Waals surface area contributed by atoms with Gasteiger partial charge in [-0.2, -0.15) is 0 Å². The Labute approximate surface area is 93.1 Å². The van der Waals surface area contributed by atoms with Gasteiger partial charge in [-0.05, 0) is 6.42 Å². The minimum absolute atomic E-state index is 0.0303. The average Bonchev–Trinajstić information content (AvgIpc) is 2.16. The number of hydrogen-bond donors (Lipinski definition) is 0. The highest BCUT2D eigenvalue weighted by atomic mass is 32.2. The van der Waals surface area contributed by atoms with E-state index < -0.39 is 21.1 Å². The topological polar surface area (TPSA) is 78.1 Å². The van der Waals surface area contributed by atoms with Gasteiger partial charge >= 0.3 is 5.69 Å². The zero-order chi connectivity index (χ0) is 12.3. The minimum Gasteiger partial charge on any atom is -0.303 e. The fourth-order valence-corrected chi connectivity index (χ4v) is 1.96. The van der Waals surface area contributed by atoms with Gasteiger partial charge in [-0.15, -0.1) is 0 Å². The third-order valence-electron chi connectivity index (χ3n) is 2.14. The van der Waals surface area contributed by atoms with E-state index in [0.717, 1.165) is 10.8 Å². The van der Waals surface area contributed by atoms with Gasteiger partial charge in [0.1, 0.15) is 9.84 Å². The maximum absolute atomic E-state index is 11.5. The van der Waals surface area contributed by atoms with Crippen LogP contribution in [0.3, 0.4) is 0 Å². The molecule has 1 rings (SSSR count). The van der Waals surface area contributed by atoms with Crippen molar-refractivity contribution in [3.05, 3.63) is 33.1 Å². The van der Waals surface area contributed by atoms with Crippen LogP contribution in [-0.4, -0.2) is 29.6 Å². The van der Waals surface area contributed by atoms with E-state index in [0.29, 0.717) is 0 Å². The molecule has 0 N–H and O–H groups in total. The van der Waals surface area contributed by atoms with Crippen molar-refractivity contribution in [1.82, 2.24) is 9.13 Å². The van der Waals surface area contributed by atoms with Crippen molar-refractivity contribution < 1.29 is 8.42 Å². The smallest absolute Gasteiger partial charge is 0.303 e.